The molecule has 16 heavy (non-hydrogen) atoms. The molecule has 1 nitrogen and oxygen atoms in total. The molecule has 0 bridgehead atoms. The molecule has 0 fully saturated rings. The summed E-state index contributed by atoms with van der Waals surface area (Å²) in [4.78, 5) is 11.8. The highest BCUT2D eigenvalue weighted by Gasteiger charge is 2.05. The molecule has 1 heteroatoms. The summed E-state index contributed by atoms with van der Waals surface area (Å²) in [6.45, 7) is 6.18. The Morgan fingerprint density at radius 3 is 2.44 bits per heavy atom. The highest BCUT2D eigenvalue weighted by Crippen LogP contribution is 2.11. The Kier molecular flexibility index (Phi) is 4.97. The SMILES string of the molecule is C/C(=C\c1ccccc1)C(=O)CCC(C)C. The summed E-state index contributed by atoms with van der Waals surface area (Å²) in [6, 6.07) is 9.97. The summed E-state index contributed by atoms with van der Waals surface area (Å²) in [7, 11) is 0. The number of hydrogen-bond acceptors (Lipinski definition) is 1. The molecule has 0 aliphatic heterocycles. The second-order valence-electron chi connectivity index (χ2n) is 4.59. The maximum Gasteiger partial charge on any atom is 0.158 e. The summed E-state index contributed by atoms with van der Waals surface area (Å²) < 4.78 is 0. The van der Waals surface area contributed by atoms with E-state index in [4.69, 9.17) is 0 Å². The van der Waals surface area contributed by atoms with Crippen molar-refractivity contribution in [2.75, 3.05) is 0 Å². The van der Waals surface area contributed by atoms with E-state index in [2.05, 4.69) is 13.8 Å². The molecule has 1 aromatic rings. The number of hydrogen-bond donors (Lipinski definition) is 0. The van der Waals surface area contributed by atoms with Crippen LogP contribution in [0.5, 0.6) is 0 Å². The van der Waals surface area contributed by atoms with Crippen LogP contribution < -0.4 is 0 Å². The molecule has 0 aliphatic rings. The van der Waals surface area contributed by atoms with Gasteiger partial charge in [-0.3, -0.25) is 4.79 Å². The standard InChI is InChI=1S/C15H20O/c1-12(2)9-10-15(16)13(3)11-14-7-5-4-6-8-14/h4-8,11-12H,9-10H2,1-3H3/b13-11+. The number of carbonyl (C=O) groups excluding carboxylic acids is 1. The second kappa shape index (κ2) is 6.26. The number of benzene rings is 1. The van der Waals surface area contributed by atoms with Gasteiger partial charge in [-0.1, -0.05) is 44.2 Å². The zero-order valence-corrected chi connectivity index (χ0v) is 10.4. The lowest BCUT2D eigenvalue weighted by molar-refractivity contribution is -0.115. The molecule has 0 spiro atoms. The van der Waals surface area contributed by atoms with Gasteiger partial charge in [0, 0.05) is 6.42 Å². The Morgan fingerprint density at radius 2 is 1.88 bits per heavy atom. The van der Waals surface area contributed by atoms with Crippen LogP contribution in [0, 0.1) is 5.92 Å². The maximum atomic E-state index is 11.8. The average molecular weight is 216 g/mol. The number of rotatable bonds is 5. The molecule has 0 N–H and O–H groups in total. The van der Waals surface area contributed by atoms with E-state index in [1.54, 1.807) is 0 Å². The molecule has 0 saturated heterocycles. The summed E-state index contributed by atoms with van der Waals surface area (Å²) >= 11 is 0. The Balaban J connectivity index is 2.60. The largest absolute Gasteiger partial charge is 0.295 e. The third-order valence-corrected chi connectivity index (χ3v) is 2.57. The van der Waals surface area contributed by atoms with E-state index < -0.39 is 0 Å². The van der Waals surface area contributed by atoms with Crippen molar-refractivity contribution in [3.05, 3.63) is 41.5 Å². The number of Topliss-reactive ketones (excluding diaryl/α,β-unsaturated/α-hetero) is 1. The van der Waals surface area contributed by atoms with E-state index in [0.29, 0.717) is 12.3 Å². The van der Waals surface area contributed by atoms with Gasteiger partial charge in [0.25, 0.3) is 0 Å². The van der Waals surface area contributed by atoms with Gasteiger partial charge in [0.05, 0.1) is 0 Å². The zero-order valence-electron chi connectivity index (χ0n) is 10.4. The maximum absolute atomic E-state index is 11.8. The van der Waals surface area contributed by atoms with Crippen molar-refractivity contribution in [3.63, 3.8) is 0 Å². The molecule has 0 aromatic heterocycles. The van der Waals surface area contributed by atoms with Crippen LogP contribution in [0.25, 0.3) is 6.08 Å². The third-order valence-electron chi connectivity index (χ3n) is 2.57. The average Bonchev–Trinajstić information content (AvgIpc) is 2.27. The van der Waals surface area contributed by atoms with Crippen LogP contribution in [0.4, 0.5) is 0 Å². The minimum Gasteiger partial charge on any atom is -0.295 e. The van der Waals surface area contributed by atoms with Crippen molar-refractivity contribution in [3.8, 4) is 0 Å². The molecule has 0 unspecified atom stereocenters. The summed E-state index contributed by atoms with van der Waals surface area (Å²) in [5, 5.41) is 0. The smallest absolute Gasteiger partial charge is 0.158 e. The van der Waals surface area contributed by atoms with Crippen molar-refractivity contribution < 1.29 is 4.79 Å². The second-order valence-corrected chi connectivity index (χ2v) is 4.59. The lowest BCUT2D eigenvalue weighted by Crippen LogP contribution is -2.01. The topological polar surface area (TPSA) is 17.1 Å². The first-order chi connectivity index (χ1) is 7.59. The normalized spacial score (nSPS) is 11.9. The number of ketones is 1. The van der Waals surface area contributed by atoms with Gasteiger partial charge in [-0.25, -0.2) is 0 Å². The molecule has 1 aromatic carbocycles. The molecule has 0 saturated carbocycles. The fourth-order valence-corrected chi connectivity index (χ4v) is 1.50. The van der Waals surface area contributed by atoms with Gasteiger partial charge in [-0.05, 0) is 36.5 Å². The lowest BCUT2D eigenvalue weighted by Gasteiger charge is -2.04. The van der Waals surface area contributed by atoms with Gasteiger partial charge in [-0.2, -0.15) is 0 Å². The van der Waals surface area contributed by atoms with Crippen LogP contribution in [0.15, 0.2) is 35.9 Å². The monoisotopic (exact) mass is 216 g/mol. The molecule has 0 atom stereocenters. The Hall–Kier alpha value is -1.37. The Bertz CT molecular complexity index is 360. The van der Waals surface area contributed by atoms with Gasteiger partial charge < -0.3 is 0 Å². The predicted molar refractivity (Wildman–Crippen MR) is 69.2 cm³/mol. The van der Waals surface area contributed by atoms with E-state index in [1.807, 2.05) is 43.3 Å². The fraction of sp³-hybridized carbons (Fsp3) is 0.400. The van der Waals surface area contributed by atoms with Gasteiger partial charge in [0.1, 0.15) is 0 Å². The van der Waals surface area contributed by atoms with Crippen molar-refractivity contribution >= 4 is 11.9 Å². The van der Waals surface area contributed by atoms with Crippen LogP contribution in [0.3, 0.4) is 0 Å². The van der Waals surface area contributed by atoms with Crippen LogP contribution in [-0.4, -0.2) is 5.78 Å². The van der Waals surface area contributed by atoms with Gasteiger partial charge in [-0.15, -0.1) is 0 Å². The lowest BCUT2D eigenvalue weighted by atomic mass is 10.0. The molecule has 0 aliphatic carbocycles. The predicted octanol–water partition coefficient (Wildman–Crippen LogP) is 4.10. The van der Waals surface area contributed by atoms with Crippen molar-refractivity contribution in [1.29, 1.82) is 0 Å². The first kappa shape index (κ1) is 12.7. The fourth-order valence-electron chi connectivity index (χ4n) is 1.50. The third kappa shape index (κ3) is 4.43. The molecule has 1 rings (SSSR count). The minimum absolute atomic E-state index is 0.262. The quantitative estimate of drug-likeness (QED) is 0.677. The molecule has 86 valence electrons. The molecular formula is C15H20O. The van der Waals surface area contributed by atoms with Crippen LogP contribution >= 0.6 is 0 Å². The van der Waals surface area contributed by atoms with E-state index in [9.17, 15) is 4.79 Å². The van der Waals surface area contributed by atoms with E-state index in [0.717, 1.165) is 17.6 Å². The number of carbonyl (C=O) groups is 1. The molecule has 0 radical (unpaired) electrons. The molecule has 0 amide bonds. The first-order valence-electron chi connectivity index (χ1n) is 5.86. The highest BCUT2D eigenvalue weighted by molar-refractivity contribution is 5.98. The van der Waals surface area contributed by atoms with Crippen molar-refractivity contribution in [1.82, 2.24) is 0 Å². The zero-order chi connectivity index (χ0) is 12.0. The summed E-state index contributed by atoms with van der Waals surface area (Å²) in [5.74, 6) is 0.853. The van der Waals surface area contributed by atoms with Gasteiger partial charge in [0.2, 0.25) is 0 Å². The highest BCUT2D eigenvalue weighted by atomic mass is 16.1. The summed E-state index contributed by atoms with van der Waals surface area (Å²) in [6.07, 6.45) is 3.59. The van der Waals surface area contributed by atoms with Gasteiger partial charge in [0.15, 0.2) is 5.78 Å². The van der Waals surface area contributed by atoms with Crippen LogP contribution in [0.2, 0.25) is 0 Å². The van der Waals surface area contributed by atoms with Crippen LogP contribution in [-0.2, 0) is 4.79 Å². The molecular weight excluding hydrogens is 196 g/mol. The van der Waals surface area contributed by atoms with Crippen molar-refractivity contribution in [2.24, 2.45) is 5.92 Å². The minimum atomic E-state index is 0.262. The van der Waals surface area contributed by atoms with E-state index in [1.165, 1.54) is 0 Å². The Morgan fingerprint density at radius 1 is 1.25 bits per heavy atom. The first-order valence-corrected chi connectivity index (χ1v) is 5.86. The molecule has 0 heterocycles. The number of allylic oxidation sites excluding steroid dienone is 1. The van der Waals surface area contributed by atoms with E-state index >= 15 is 0 Å². The van der Waals surface area contributed by atoms with Crippen LogP contribution in [0.1, 0.15) is 39.2 Å². The Labute approximate surface area is 98.2 Å². The van der Waals surface area contributed by atoms with E-state index in [-0.39, 0.29) is 5.78 Å². The summed E-state index contributed by atoms with van der Waals surface area (Å²) in [5.41, 5.74) is 1.95. The van der Waals surface area contributed by atoms with Crippen molar-refractivity contribution in [2.45, 2.75) is 33.6 Å². The van der Waals surface area contributed by atoms with Gasteiger partial charge >= 0.3 is 0 Å².